The Morgan fingerprint density at radius 2 is 1.70 bits per heavy atom. The number of benzene rings is 1. The zero-order chi connectivity index (χ0) is 43.1. The average molecular weight is 828 g/mol. The maximum Gasteiger partial charge on any atom is 0.408 e. The second kappa shape index (κ2) is 19.0. The number of amides is 4. The Morgan fingerprint density at radius 3 is 2.23 bits per heavy atom. The molecule has 5 rings (SSSR count). The number of hydrogen-bond acceptors (Lipinski definition) is 11. The summed E-state index contributed by atoms with van der Waals surface area (Å²) >= 11 is 0. The number of nitrogens with two attached hydrogens (primary N) is 1. The fraction of sp³-hybridized carbons (Fsp3) is 0.667. The number of halogens is 2. The first-order chi connectivity index (χ1) is 26.4. The largest absolute Gasteiger partial charge is 0.497 e. The van der Waals surface area contributed by atoms with Crippen LogP contribution in [0.25, 0.3) is 10.8 Å². The van der Waals surface area contributed by atoms with E-state index in [0.717, 1.165) is 17.2 Å². The summed E-state index contributed by atoms with van der Waals surface area (Å²) in [4.78, 5) is 55.8. The van der Waals surface area contributed by atoms with Crippen LogP contribution in [-0.4, -0.2) is 91.6 Å². The summed E-state index contributed by atoms with van der Waals surface area (Å²) in [5.41, 5.74) is 3.54. The maximum absolute atomic E-state index is 13.7. The van der Waals surface area contributed by atoms with Crippen LogP contribution in [0.1, 0.15) is 101 Å². The molecule has 18 heteroatoms. The lowest BCUT2D eigenvalue weighted by Crippen LogP contribution is -2.58. The van der Waals surface area contributed by atoms with E-state index in [-0.39, 0.29) is 19.4 Å². The van der Waals surface area contributed by atoms with E-state index in [4.69, 9.17) is 24.1 Å². The van der Waals surface area contributed by atoms with E-state index in [2.05, 4.69) is 10.3 Å². The number of fused-ring (bicyclic) bond motifs is 1. The van der Waals surface area contributed by atoms with E-state index >= 15 is 0 Å². The number of rotatable bonds is 12. The molecule has 4 amide bonds. The molecule has 2 saturated carbocycles. The van der Waals surface area contributed by atoms with Crippen LogP contribution in [0.3, 0.4) is 0 Å². The molecular weight excluding hydrogens is 769 g/mol. The van der Waals surface area contributed by atoms with Crippen molar-refractivity contribution in [2.45, 2.75) is 137 Å². The van der Waals surface area contributed by atoms with Gasteiger partial charge in [0.2, 0.25) is 30.0 Å². The smallest absolute Gasteiger partial charge is 0.408 e. The highest BCUT2D eigenvalue weighted by atomic mass is 32.2. The first-order valence-corrected chi connectivity index (χ1v) is 20.5. The molecule has 5 atom stereocenters. The van der Waals surface area contributed by atoms with Crippen LogP contribution in [-0.2, 0) is 33.6 Å². The summed E-state index contributed by atoms with van der Waals surface area (Å²) in [6.45, 7) is 16.5. The number of aromatic nitrogens is 1. The molecule has 2 aromatic rings. The number of likely N-dealkylation sites (tertiary alicyclic amines) is 1. The Hall–Kier alpha value is -4.32. The summed E-state index contributed by atoms with van der Waals surface area (Å²) in [6, 6.07) is 5.54. The van der Waals surface area contributed by atoms with Gasteiger partial charge in [-0.25, -0.2) is 27.5 Å². The monoisotopic (exact) mass is 827 g/mol. The first kappa shape index (κ1) is 47.1. The number of carbonyl (C=O) groups is 4. The zero-order valence-corrected chi connectivity index (χ0v) is 35.3. The fourth-order valence-corrected chi connectivity index (χ4v) is 7.58. The Kier molecular flexibility index (Phi) is 15.6. The highest BCUT2D eigenvalue weighted by Gasteiger charge is 2.47. The molecule has 3 aliphatic rings. The SMILES string of the molecule is CC.CC1(OS(=O)(=O)NC(=O)[C@H]2C[C@H]2CC(F)F)CCC1.COc1ccc2c(O[C@@H]3C[C@@H](C(N)=O)N(C(=O)[C@@H](NC(=O)OC(C)(C)C)C(C)(C)C)C3)nccc2c1. The van der Waals surface area contributed by atoms with Crippen LogP contribution in [0.5, 0.6) is 11.6 Å². The van der Waals surface area contributed by atoms with Gasteiger partial charge in [0.25, 0.3) is 0 Å². The number of nitrogens with zero attached hydrogens (tertiary/aromatic N) is 2. The number of hydrogen-bond donors (Lipinski definition) is 3. The highest BCUT2D eigenvalue weighted by Crippen LogP contribution is 2.43. The van der Waals surface area contributed by atoms with Crippen molar-refractivity contribution < 1.29 is 54.8 Å². The van der Waals surface area contributed by atoms with Crippen molar-refractivity contribution in [3.63, 3.8) is 0 Å². The Morgan fingerprint density at radius 1 is 1.05 bits per heavy atom. The van der Waals surface area contributed by atoms with Crippen molar-refractivity contribution in [2.24, 2.45) is 23.0 Å². The topological polar surface area (TPSA) is 206 Å². The van der Waals surface area contributed by atoms with Crippen molar-refractivity contribution >= 4 is 44.9 Å². The van der Waals surface area contributed by atoms with Crippen LogP contribution in [0.4, 0.5) is 13.6 Å². The second-order valence-corrected chi connectivity index (χ2v) is 17.8. The van der Waals surface area contributed by atoms with Crippen molar-refractivity contribution in [1.29, 1.82) is 0 Å². The minimum atomic E-state index is -4.14. The van der Waals surface area contributed by atoms with Gasteiger partial charge < -0.3 is 30.2 Å². The number of nitrogens with one attached hydrogen (secondary N) is 2. The van der Waals surface area contributed by atoms with Gasteiger partial charge in [0.1, 0.15) is 29.5 Å². The number of methoxy groups -OCH3 is 1. The standard InChI is InChI=1S/C26H36N4O6.C11H17F2NO4S.C2H6/c1-25(2,3)20(29-24(33)36-26(4,5)6)23(32)30-14-17(13-19(30)21(27)31)35-22-18-9-8-16(34-7)12-15(18)10-11-28-22;1-11(3-2-4-11)18-19(16,17)14-10(15)8-5-7(8)6-9(12)13;1-2/h8-12,17,19-20H,13-14H2,1-7H3,(H2,27,31)(H,29,33);7-9H,2-6H2,1H3,(H,14,15);1-2H3/t17-,19+,20-;7-,8-;/m10./s1. The third kappa shape index (κ3) is 13.6. The van der Waals surface area contributed by atoms with Gasteiger partial charge in [0.15, 0.2) is 0 Å². The molecule has 3 fully saturated rings. The number of alkyl halides is 2. The van der Waals surface area contributed by atoms with Crippen molar-refractivity contribution in [3.8, 4) is 11.6 Å². The first-order valence-electron chi connectivity index (χ1n) is 19.1. The van der Waals surface area contributed by atoms with Gasteiger partial charge in [-0.3, -0.25) is 14.4 Å². The molecule has 15 nitrogen and oxygen atoms in total. The van der Waals surface area contributed by atoms with E-state index in [1.54, 1.807) is 41.0 Å². The fourth-order valence-electron chi connectivity index (χ4n) is 6.44. The van der Waals surface area contributed by atoms with Crippen molar-refractivity contribution in [1.82, 2.24) is 19.9 Å². The van der Waals surface area contributed by atoms with E-state index in [1.165, 1.54) is 4.90 Å². The van der Waals surface area contributed by atoms with Crippen LogP contribution in [0.15, 0.2) is 30.5 Å². The van der Waals surface area contributed by atoms with Crippen molar-refractivity contribution in [2.75, 3.05) is 13.7 Å². The molecule has 0 spiro atoms. The number of primary amides is 1. The predicted molar refractivity (Wildman–Crippen MR) is 209 cm³/mol. The second-order valence-electron chi connectivity index (χ2n) is 16.6. The summed E-state index contributed by atoms with van der Waals surface area (Å²) in [5.74, 6) is -1.78. The molecule has 4 N–H and O–H groups in total. The minimum Gasteiger partial charge on any atom is -0.497 e. The van der Waals surface area contributed by atoms with E-state index in [0.29, 0.717) is 30.9 Å². The molecule has 0 bridgehead atoms. The molecule has 2 aliphatic carbocycles. The molecule has 2 heterocycles. The molecule has 57 heavy (non-hydrogen) atoms. The summed E-state index contributed by atoms with van der Waals surface area (Å²) in [7, 11) is -2.55. The van der Waals surface area contributed by atoms with Gasteiger partial charge in [0, 0.05) is 30.3 Å². The van der Waals surface area contributed by atoms with Crippen LogP contribution in [0.2, 0.25) is 0 Å². The summed E-state index contributed by atoms with van der Waals surface area (Å²) < 4.78 is 71.0. The third-order valence-corrected chi connectivity index (χ3v) is 10.6. The van der Waals surface area contributed by atoms with Crippen LogP contribution < -0.4 is 25.2 Å². The molecule has 0 unspecified atom stereocenters. The van der Waals surface area contributed by atoms with Gasteiger partial charge in [-0.2, -0.15) is 8.42 Å². The molecular formula is C39H59F2N5O10S. The molecule has 1 aromatic heterocycles. The van der Waals surface area contributed by atoms with E-state index < -0.39 is 87.2 Å². The Bertz CT molecular complexity index is 1850. The lowest BCUT2D eigenvalue weighted by Gasteiger charge is -2.36. The molecule has 1 saturated heterocycles. The number of ether oxygens (including phenoxy) is 3. The third-order valence-electron chi connectivity index (χ3n) is 9.55. The van der Waals surface area contributed by atoms with Gasteiger partial charge >= 0.3 is 16.4 Å². The molecule has 320 valence electrons. The maximum atomic E-state index is 13.7. The zero-order valence-electron chi connectivity index (χ0n) is 34.5. The van der Waals surface area contributed by atoms with Gasteiger partial charge in [0.05, 0.1) is 19.3 Å². The summed E-state index contributed by atoms with van der Waals surface area (Å²) in [5, 5.41) is 4.34. The van der Waals surface area contributed by atoms with E-state index in [1.807, 2.05) is 63.6 Å². The highest BCUT2D eigenvalue weighted by molar-refractivity contribution is 7.85. The van der Waals surface area contributed by atoms with Crippen molar-refractivity contribution in [3.05, 3.63) is 30.5 Å². The number of alkyl carbamates (subject to hydrolysis) is 1. The molecule has 1 aliphatic heterocycles. The number of pyridine rings is 1. The minimum absolute atomic E-state index is 0.114. The lowest BCUT2D eigenvalue weighted by molar-refractivity contribution is -0.141. The Balaban J connectivity index is 0.000000347. The lowest BCUT2D eigenvalue weighted by atomic mass is 9.82. The number of carbonyl (C=O) groups excluding carboxylic acids is 4. The van der Waals surface area contributed by atoms with Crippen LogP contribution >= 0.6 is 0 Å². The molecule has 0 radical (unpaired) electrons. The van der Waals surface area contributed by atoms with Gasteiger partial charge in [-0.1, -0.05) is 34.6 Å². The molecule has 1 aromatic carbocycles. The normalized spacial score (nSPS) is 21.7. The quantitative estimate of drug-likeness (QED) is 0.239. The van der Waals surface area contributed by atoms with Crippen LogP contribution in [0, 0.1) is 17.3 Å². The summed E-state index contributed by atoms with van der Waals surface area (Å²) in [6.07, 6.45) is 0.212. The van der Waals surface area contributed by atoms with Gasteiger partial charge in [-0.05, 0) is 94.4 Å². The average Bonchev–Trinajstić information content (AvgIpc) is 3.72. The predicted octanol–water partition coefficient (Wildman–Crippen LogP) is 5.64. The Labute approximate surface area is 334 Å². The van der Waals surface area contributed by atoms with E-state index in [9.17, 15) is 36.4 Å². The van der Waals surface area contributed by atoms with Gasteiger partial charge in [-0.15, -0.1) is 0 Å².